The van der Waals surface area contributed by atoms with Crippen LogP contribution in [0.1, 0.15) is 36.1 Å². The summed E-state index contributed by atoms with van der Waals surface area (Å²) < 4.78 is 19.9. The standard InChI is InChI=1S/C14H17FO/c1-8-5-10-6-12-11(14(10)16-7-8)4-3-9(2)13(12)15/h3-4,8,10,14H,5-7H2,1-2H3. The van der Waals surface area contributed by atoms with Gasteiger partial charge in [-0.1, -0.05) is 19.1 Å². The van der Waals surface area contributed by atoms with Crippen LogP contribution in [0.5, 0.6) is 0 Å². The molecule has 0 amide bonds. The first-order chi connectivity index (χ1) is 7.66. The lowest BCUT2D eigenvalue weighted by Gasteiger charge is -2.30. The van der Waals surface area contributed by atoms with Gasteiger partial charge in [-0.15, -0.1) is 0 Å². The van der Waals surface area contributed by atoms with Gasteiger partial charge in [-0.2, -0.15) is 0 Å². The van der Waals surface area contributed by atoms with Crippen molar-refractivity contribution >= 4 is 0 Å². The van der Waals surface area contributed by atoms with Crippen molar-refractivity contribution in [3.05, 3.63) is 34.6 Å². The van der Waals surface area contributed by atoms with Crippen LogP contribution in [0.4, 0.5) is 4.39 Å². The lowest BCUT2D eigenvalue weighted by Crippen LogP contribution is -2.24. The molecule has 3 atom stereocenters. The topological polar surface area (TPSA) is 9.23 Å². The molecule has 1 aromatic carbocycles. The van der Waals surface area contributed by atoms with E-state index in [9.17, 15) is 4.39 Å². The molecule has 86 valence electrons. The maximum absolute atomic E-state index is 14.0. The first-order valence-electron chi connectivity index (χ1n) is 6.06. The molecule has 1 nitrogen and oxygen atoms in total. The monoisotopic (exact) mass is 220 g/mol. The third-order valence-corrected chi connectivity index (χ3v) is 3.94. The summed E-state index contributed by atoms with van der Waals surface area (Å²) in [5, 5.41) is 0. The fraction of sp³-hybridized carbons (Fsp3) is 0.571. The molecule has 0 bridgehead atoms. The minimum atomic E-state index is -0.0110. The van der Waals surface area contributed by atoms with E-state index in [1.165, 1.54) is 0 Å². The minimum Gasteiger partial charge on any atom is -0.373 e. The molecular formula is C14H17FO. The number of fused-ring (bicyclic) bond motifs is 3. The van der Waals surface area contributed by atoms with Gasteiger partial charge in [0.05, 0.1) is 6.10 Å². The average molecular weight is 220 g/mol. The fourth-order valence-corrected chi connectivity index (χ4v) is 3.14. The molecule has 1 aliphatic carbocycles. The maximum atomic E-state index is 14.0. The van der Waals surface area contributed by atoms with Crippen LogP contribution in [0, 0.1) is 24.6 Å². The SMILES string of the molecule is Cc1ccc2c(c1F)CC1CC(C)COC21. The zero-order valence-corrected chi connectivity index (χ0v) is 9.79. The molecule has 0 saturated carbocycles. The molecule has 1 aromatic rings. The number of halogens is 1. The van der Waals surface area contributed by atoms with Crippen LogP contribution in [-0.2, 0) is 11.2 Å². The highest BCUT2D eigenvalue weighted by atomic mass is 19.1. The van der Waals surface area contributed by atoms with E-state index in [-0.39, 0.29) is 11.9 Å². The van der Waals surface area contributed by atoms with Crippen molar-refractivity contribution < 1.29 is 9.13 Å². The second-order valence-electron chi connectivity index (χ2n) is 5.32. The summed E-state index contributed by atoms with van der Waals surface area (Å²) in [6.45, 7) is 4.86. The van der Waals surface area contributed by atoms with E-state index in [0.717, 1.165) is 36.1 Å². The Morgan fingerprint density at radius 1 is 1.38 bits per heavy atom. The number of rotatable bonds is 0. The Morgan fingerprint density at radius 3 is 3.00 bits per heavy atom. The lowest BCUT2D eigenvalue weighted by atomic mass is 9.89. The van der Waals surface area contributed by atoms with Gasteiger partial charge in [0, 0.05) is 6.61 Å². The molecule has 0 aromatic heterocycles. The molecule has 0 N–H and O–H groups in total. The summed E-state index contributed by atoms with van der Waals surface area (Å²) >= 11 is 0. The summed E-state index contributed by atoms with van der Waals surface area (Å²) in [6, 6.07) is 3.92. The van der Waals surface area contributed by atoms with Crippen LogP contribution in [0.15, 0.2) is 12.1 Å². The normalized spacial score (nSPS) is 32.3. The van der Waals surface area contributed by atoms with Gasteiger partial charge in [0.25, 0.3) is 0 Å². The molecule has 3 rings (SSSR count). The molecule has 2 heteroatoms. The molecule has 3 unspecified atom stereocenters. The van der Waals surface area contributed by atoms with Gasteiger partial charge in [0.15, 0.2) is 0 Å². The van der Waals surface area contributed by atoms with E-state index < -0.39 is 0 Å². The van der Waals surface area contributed by atoms with E-state index >= 15 is 0 Å². The second-order valence-corrected chi connectivity index (χ2v) is 5.32. The number of hydrogen-bond acceptors (Lipinski definition) is 1. The second kappa shape index (κ2) is 3.56. The average Bonchev–Trinajstić information content (AvgIpc) is 2.62. The van der Waals surface area contributed by atoms with Crippen molar-refractivity contribution in [1.82, 2.24) is 0 Å². The van der Waals surface area contributed by atoms with E-state index in [2.05, 4.69) is 13.0 Å². The number of aryl methyl sites for hydroxylation is 1. The van der Waals surface area contributed by atoms with Crippen molar-refractivity contribution in [3.63, 3.8) is 0 Å². The predicted octanol–water partition coefficient (Wildman–Crippen LogP) is 3.40. The van der Waals surface area contributed by atoms with Crippen molar-refractivity contribution in [2.75, 3.05) is 6.61 Å². The Hall–Kier alpha value is -0.890. The number of benzene rings is 1. The van der Waals surface area contributed by atoms with Gasteiger partial charge < -0.3 is 4.74 Å². The summed E-state index contributed by atoms with van der Waals surface area (Å²) in [5.41, 5.74) is 2.76. The van der Waals surface area contributed by atoms with Gasteiger partial charge in [0.2, 0.25) is 0 Å². The van der Waals surface area contributed by atoms with Crippen LogP contribution in [-0.4, -0.2) is 6.61 Å². The zero-order chi connectivity index (χ0) is 11.3. The summed E-state index contributed by atoms with van der Waals surface area (Å²) in [4.78, 5) is 0. The lowest BCUT2D eigenvalue weighted by molar-refractivity contribution is -0.0450. The maximum Gasteiger partial charge on any atom is 0.129 e. The first-order valence-corrected chi connectivity index (χ1v) is 6.06. The molecule has 1 heterocycles. The summed E-state index contributed by atoms with van der Waals surface area (Å²) in [5.74, 6) is 1.10. The Labute approximate surface area is 95.6 Å². The Bertz CT molecular complexity index is 427. The smallest absolute Gasteiger partial charge is 0.129 e. The van der Waals surface area contributed by atoms with E-state index in [0.29, 0.717) is 11.8 Å². The fourth-order valence-electron chi connectivity index (χ4n) is 3.14. The Morgan fingerprint density at radius 2 is 2.19 bits per heavy atom. The van der Waals surface area contributed by atoms with Crippen LogP contribution < -0.4 is 0 Å². The summed E-state index contributed by atoms with van der Waals surface area (Å²) in [7, 11) is 0. The Balaban J connectivity index is 2.01. The third-order valence-electron chi connectivity index (χ3n) is 3.94. The van der Waals surface area contributed by atoms with E-state index in [1.807, 2.05) is 13.0 Å². The van der Waals surface area contributed by atoms with Crippen molar-refractivity contribution in [2.24, 2.45) is 11.8 Å². The predicted molar refractivity (Wildman–Crippen MR) is 60.8 cm³/mol. The molecule has 0 radical (unpaired) electrons. The van der Waals surface area contributed by atoms with Gasteiger partial charge in [-0.25, -0.2) is 4.39 Å². The molecule has 2 aliphatic rings. The minimum absolute atomic E-state index is 0.0110. The van der Waals surface area contributed by atoms with Crippen molar-refractivity contribution in [3.8, 4) is 0 Å². The number of ether oxygens (including phenoxy) is 1. The summed E-state index contributed by atoms with van der Waals surface area (Å²) in [6.07, 6.45) is 2.18. The number of hydrogen-bond donors (Lipinski definition) is 0. The van der Waals surface area contributed by atoms with Gasteiger partial charge >= 0.3 is 0 Å². The molecule has 1 saturated heterocycles. The highest BCUT2D eigenvalue weighted by Gasteiger charge is 2.38. The largest absolute Gasteiger partial charge is 0.373 e. The van der Waals surface area contributed by atoms with Crippen LogP contribution >= 0.6 is 0 Å². The molecule has 1 fully saturated rings. The molecule has 16 heavy (non-hydrogen) atoms. The van der Waals surface area contributed by atoms with Crippen LogP contribution in [0.2, 0.25) is 0 Å². The van der Waals surface area contributed by atoms with E-state index in [1.54, 1.807) is 0 Å². The van der Waals surface area contributed by atoms with Crippen molar-refractivity contribution in [1.29, 1.82) is 0 Å². The molecule has 0 spiro atoms. The van der Waals surface area contributed by atoms with Crippen molar-refractivity contribution in [2.45, 2.75) is 32.8 Å². The highest BCUT2D eigenvalue weighted by molar-refractivity contribution is 5.39. The third kappa shape index (κ3) is 1.40. The molecular weight excluding hydrogens is 203 g/mol. The van der Waals surface area contributed by atoms with Gasteiger partial charge in [-0.3, -0.25) is 0 Å². The van der Waals surface area contributed by atoms with Crippen LogP contribution in [0.25, 0.3) is 0 Å². The molecule has 1 aliphatic heterocycles. The van der Waals surface area contributed by atoms with Gasteiger partial charge in [-0.05, 0) is 48.3 Å². The highest BCUT2D eigenvalue weighted by Crippen LogP contribution is 2.46. The first kappa shape index (κ1) is 10.3. The van der Waals surface area contributed by atoms with Crippen LogP contribution in [0.3, 0.4) is 0 Å². The zero-order valence-electron chi connectivity index (χ0n) is 9.79. The van der Waals surface area contributed by atoms with E-state index in [4.69, 9.17) is 4.74 Å². The quantitative estimate of drug-likeness (QED) is 0.651. The Kier molecular flexibility index (Phi) is 2.28. The van der Waals surface area contributed by atoms with Gasteiger partial charge in [0.1, 0.15) is 5.82 Å².